The lowest BCUT2D eigenvalue weighted by Crippen LogP contribution is -2.50. The molecular formula is C20H32IN7O. The topological polar surface area (TPSA) is 77.0 Å². The van der Waals surface area contributed by atoms with E-state index in [1.807, 2.05) is 18.0 Å². The molecule has 0 aromatic carbocycles. The van der Waals surface area contributed by atoms with Gasteiger partial charge in [0.1, 0.15) is 0 Å². The Labute approximate surface area is 190 Å². The third-order valence-electron chi connectivity index (χ3n) is 6.45. The molecule has 1 N–H and O–H groups in total. The van der Waals surface area contributed by atoms with E-state index < -0.39 is 0 Å². The van der Waals surface area contributed by atoms with Crippen LogP contribution in [-0.4, -0.2) is 84.5 Å². The molecule has 2 aliphatic heterocycles. The van der Waals surface area contributed by atoms with Gasteiger partial charge in [-0.25, -0.2) is 9.97 Å². The second-order valence-electron chi connectivity index (χ2n) is 8.17. The minimum absolute atomic E-state index is 0. The van der Waals surface area contributed by atoms with Gasteiger partial charge in [-0.3, -0.25) is 9.79 Å². The normalized spacial score (nSPS) is 21.0. The molecule has 2 saturated heterocycles. The van der Waals surface area contributed by atoms with Crippen LogP contribution in [-0.2, 0) is 4.79 Å². The van der Waals surface area contributed by atoms with E-state index in [2.05, 4.69) is 30.1 Å². The average Bonchev–Trinajstić information content (AvgIpc) is 3.18. The lowest BCUT2D eigenvalue weighted by atomic mass is 9.68. The summed E-state index contributed by atoms with van der Waals surface area (Å²) < 4.78 is 0. The largest absolute Gasteiger partial charge is 0.356 e. The molecule has 1 aromatic heterocycles. The minimum atomic E-state index is 0. The molecule has 0 radical (unpaired) electrons. The van der Waals surface area contributed by atoms with Crippen LogP contribution in [0.15, 0.2) is 23.5 Å². The number of aromatic nitrogens is 2. The Bertz CT molecular complexity index is 702. The van der Waals surface area contributed by atoms with Gasteiger partial charge in [-0.1, -0.05) is 6.42 Å². The first-order valence-corrected chi connectivity index (χ1v) is 10.4. The van der Waals surface area contributed by atoms with Gasteiger partial charge in [0.15, 0.2) is 5.96 Å². The highest BCUT2D eigenvalue weighted by molar-refractivity contribution is 14.0. The van der Waals surface area contributed by atoms with E-state index in [9.17, 15) is 4.79 Å². The zero-order valence-corrected chi connectivity index (χ0v) is 19.5. The number of halogens is 1. The van der Waals surface area contributed by atoms with E-state index in [1.54, 1.807) is 12.4 Å². The highest BCUT2D eigenvalue weighted by Gasteiger charge is 2.43. The molecular weight excluding hydrogens is 481 g/mol. The van der Waals surface area contributed by atoms with Gasteiger partial charge in [0.2, 0.25) is 11.9 Å². The van der Waals surface area contributed by atoms with Crippen molar-refractivity contribution in [2.24, 2.45) is 10.4 Å². The quantitative estimate of drug-likeness (QED) is 0.375. The first-order valence-electron chi connectivity index (χ1n) is 10.4. The molecule has 3 fully saturated rings. The van der Waals surface area contributed by atoms with Crippen LogP contribution in [0.2, 0.25) is 0 Å². The van der Waals surface area contributed by atoms with Gasteiger partial charge in [-0.15, -0.1) is 24.0 Å². The summed E-state index contributed by atoms with van der Waals surface area (Å²) in [6, 6.07) is 1.82. The fourth-order valence-electron chi connectivity index (χ4n) is 4.58. The highest BCUT2D eigenvalue weighted by atomic mass is 127. The van der Waals surface area contributed by atoms with Crippen molar-refractivity contribution >= 4 is 41.8 Å². The maximum Gasteiger partial charge on any atom is 0.225 e. The Morgan fingerprint density at radius 1 is 1.10 bits per heavy atom. The summed E-state index contributed by atoms with van der Waals surface area (Å²) in [6.07, 6.45) is 9.38. The predicted octanol–water partition coefficient (Wildman–Crippen LogP) is 1.58. The van der Waals surface area contributed by atoms with Gasteiger partial charge in [-0.05, 0) is 30.7 Å². The molecule has 4 rings (SSSR count). The lowest BCUT2D eigenvalue weighted by Gasteiger charge is -2.38. The molecule has 160 valence electrons. The zero-order valence-electron chi connectivity index (χ0n) is 17.2. The summed E-state index contributed by atoms with van der Waals surface area (Å²) in [4.78, 5) is 32.0. The molecule has 1 saturated carbocycles. The maximum atomic E-state index is 12.6. The lowest BCUT2D eigenvalue weighted by molar-refractivity contribution is -0.131. The number of amides is 1. The van der Waals surface area contributed by atoms with Crippen LogP contribution >= 0.6 is 24.0 Å². The van der Waals surface area contributed by atoms with Crippen molar-refractivity contribution in [3.63, 3.8) is 0 Å². The molecule has 0 unspecified atom stereocenters. The molecule has 9 heteroatoms. The van der Waals surface area contributed by atoms with Gasteiger partial charge in [0, 0.05) is 71.7 Å². The molecule has 1 amide bonds. The maximum absolute atomic E-state index is 12.6. The van der Waals surface area contributed by atoms with E-state index in [4.69, 9.17) is 0 Å². The van der Waals surface area contributed by atoms with E-state index in [0.29, 0.717) is 18.4 Å². The van der Waals surface area contributed by atoms with Crippen molar-refractivity contribution in [2.75, 3.05) is 57.8 Å². The molecule has 29 heavy (non-hydrogen) atoms. The molecule has 1 spiro atoms. The summed E-state index contributed by atoms with van der Waals surface area (Å²) in [7, 11) is 1.83. The van der Waals surface area contributed by atoms with Crippen molar-refractivity contribution in [3.8, 4) is 0 Å². The molecule has 1 aliphatic carbocycles. The number of aliphatic imine (C=N–C) groups is 1. The number of nitrogens with zero attached hydrogens (tertiary/aromatic N) is 6. The molecule has 0 bridgehead atoms. The Morgan fingerprint density at radius 2 is 1.83 bits per heavy atom. The number of likely N-dealkylation sites (tertiary alicyclic amines) is 1. The molecule has 1 aromatic rings. The number of nitrogens with one attached hydrogen (secondary N) is 1. The van der Waals surface area contributed by atoms with Crippen LogP contribution in [0.25, 0.3) is 0 Å². The van der Waals surface area contributed by atoms with Crippen LogP contribution in [0.3, 0.4) is 0 Å². The number of rotatable bonds is 4. The van der Waals surface area contributed by atoms with Crippen LogP contribution in [0, 0.1) is 5.41 Å². The monoisotopic (exact) mass is 513 g/mol. The fraction of sp³-hybridized carbons (Fsp3) is 0.700. The summed E-state index contributed by atoms with van der Waals surface area (Å²) >= 11 is 0. The van der Waals surface area contributed by atoms with Crippen LogP contribution in [0.5, 0.6) is 0 Å². The Hall–Kier alpha value is -1.65. The second-order valence-corrected chi connectivity index (χ2v) is 8.17. The van der Waals surface area contributed by atoms with Gasteiger partial charge < -0.3 is 20.0 Å². The van der Waals surface area contributed by atoms with Gasteiger partial charge >= 0.3 is 0 Å². The second kappa shape index (κ2) is 9.90. The summed E-state index contributed by atoms with van der Waals surface area (Å²) in [5.41, 5.74) is 0.551. The third-order valence-corrected chi connectivity index (χ3v) is 6.45. The standard InChI is InChI=1S/C20H31N7O.HI/c1-21-18(27-11-7-20(16-27)5-2-6-20)24-10-4-17(28)25-12-14-26(15-13-25)19-22-8-3-9-23-19;/h3,8-9H,2,4-7,10-16H2,1H3,(H,21,24);1H. The first-order chi connectivity index (χ1) is 13.7. The van der Waals surface area contributed by atoms with Crippen molar-refractivity contribution in [3.05, 3.63) is 18.5 Å². The van der Waals surface area contributed by atoms with Crippen molar-refractivity contribution in [2.45, 2.75) is 32.1 Å². The Kier molecular flexibility index (Phi) is 7.53. The smallest absolute Gasteiger partial charge is 0.225 e. The highest BCUT2D eigenvalue weighted by Crippen LogP contribution is 2.47. The molecule has 0 atom stereocenters. The minimum Gasteiger partial charge on any atom is -0.356 e. The number of hydrogen-bond acceptors (Lipinski definition) is 5. The third kappa shape index (κ3) is 5.10. The predicted molar refractivity (Wildman–Crippen MR) is 125 cm³/mol. The van der Waals surface area contributed by atoms with Crippen LogP contribution in [0.1, 0.15) is 32.1 Å². The number of carbonyl (C=O) groups is 1. The van der Waals surface area contributed by atoms with Crippen LogP contribution in [0.4, 0.5) is 5.95 Å². The first kappa shape index (κ1) is 22.0. The Balaban J connectivity index is 0.00000240. The Morgan fingerprint density at radius 3 is 2.41 bits per heavy atom. The summed E-state index contributed by atoms with van der Waals surface area (Å²) in [6.45, 7) is 5.83. The number of anilines is 1. The molecule has 3 heterocycles. The number of hydrogen-bond donors (Lipinski definition) is 1. The molecule has 8 nitrogen and oxygen atoms in total. The fourth-order valence-corrected chi connectivity index (χ4v) is 4.58. The van der Waals surface area contributed by atoms with E-state index >= 15 is 0 Å². The van der Waals surface area contributed by atoms with Crippen molar-refractivity contribution in [1.82, 2.24) is 25.1 Å². The van der Waals surface area contributed by atoms with E-state index in [0.717, 1.165) is 51.2 Å². The summed E-state index contributed by atoms with van der Waals surface area (Å²) in [5.74, 6) is 1.89. The zero-order chi connectivity index (χ0) is 19.4. The van der Waals surface area contributed by atoms with E-state index in [1.165, 1.54) is 25.7 Å². The molecule has 3 aliphatic rings. The average molecular weight is 513 g/mol. The van der Waals surface area contributed by atoms with Crippen LogP contribution < -0.4 is 10.2 Å². The van der Waals surface area contributed by atoms with Gasteiger partial charge in [-0.2, -0.15) is 0 Å². The summed E-state index contributed by atoms with van der Waals surface area (Å²) in [5, 5.41) is 3.40. The van der Waals surface area contributed by atoms with E-state index in [-0.39, 0.29) is 29.9 Å². The number of piperazine rings is 1. The SMILES string of the molecule is CN=C(NCCC(=O)N1CCN(c2ncccn2)CC1)N1CCC2(CCC2)C1.I. The number of carbonyl (C=O) groups excluding carboxylic acids is 1. The van der Waals surface area contributed by atoms with Gasteiger partial charge in [0.05, 0.1) is 0 Å². The van der Waals surface area contributed by atoms with Crippen molar-refractivity contribution < 1.29 is 4.79 Å². The van der Waals surface area contributed by atoms with Crippen molar-refractivity contribution in [1.29, 1.82) is 0 Å². The van der Waals surface area contributed by atoms with Gasteiger partial charge in [0.25, 0.3) is 0 Å². The number of guanidine groups is 1.